The molecule has 3 fully saturated rings. The van der Waals surface area contributed by atoms with Crippen LogP contribution in [0.1, 0.15) is 24.3 Å². The van der Waals surface area contributed by atoms with Crippen molar-refractivity contribution in [3.63, 3.8) is 0 Å². The van der Waals surface area contributed by atoms with Crippen LogP contribution in [-0.4, -0.2) is 33.1 Å². The molecule has 0 amide bonds. The number of hydrogen-bond acceptors (Lipinski definition) is 4. The van der Waals surface area contributed by atoms with Crippen molar-refractivity contribution in [2.75, 3.05) is 19.6 Å². The molecule has 4 aliphatic heterocycles. The lowest BCUT2D eigenvalue weighted by atomic mass is 9.81. The number of sulfone groups is 1. The number of hydrazine groups is 1. The normalized spacial score (nSPS) is 29.1. The molecule has 0 aliphatic carbocycles. The van der Waals surface area contributed by atoms with E-state index in [4.69, 9.17) is 0 Å². The summed E-state index contributed by atoms with van der Waals surface area (Å²) in [5.41, 5.74) is 6.38. The van der Waals surface area contributed by atoms with Crippen molar-refractivity contribution < 1.29 is 8.42 Å². The average molecular weight is 466 g/mol. The van der Waals surface area contributed by atoms with Gasteiger partial charge in [-0.2, -0.15) is 0 Å². The minimum Gasteiger partial charge on any atom is -0.255 e. The first-order chi connectivity index (χ1) is 12.1. The Morgan fingerprint density at radius 1 is 1.08 bits per heavy atom. The van der Waals surface area contributed by atoms with Gasteiger partial charge in [-0.15, -0.1) is 0 Å². The van der Waals surface area contributed by atoms with Gasteiger partial charge in [0.2, 0.25) is 9.84 Å². The lowest BCUT2D eigenvalue weighted by Crippen LogP contribution is -2.39. The Labute approximate surface area is 161 Å². The first kappa shape index (κ1) is 16.2. The molecule has 4 heterocycles. The fourth-order valence-electron chi connectivity index (χ4n) is 4.56. The predicted molar refractivity (Wildman–Crippen MR) is 105 cm³/mol. The van der Waals surface area contributed by atoms with Gasteiger partial charge in [0.1, 0.15) is 0 Å². The molecule has 0 aromatic heterocycles. The standard InChI is InChI=1S/C19H19IN2O2S/c20-17-3-1-2-15-14-5-4-13(10-18(14)25(23,24)19(15)17)16-11-21-22-8-6-12(16)7-9-22/h1-5,10,12,16,21H,6-9,11H2. The van der Waals surface area contributed by atoms with Gasteiger partial charge in [0.15, 0.2) is 0 Å². The van der Waals surface area contributed by atoms with E-state index in [0.717, 1.165) is 39.9 Å². The van der Waals surface area contributed by atoms with Gasteiger partial charge < -0.3 is 0 Å². The average Bonchev–Trinajstić information content (AvgIpc) is 2.81. The second-order valence-electron chi connectivity index (χ2n) is 7.17. The third-order valence-corrected chi connectivity index (χ3v) is 9.05. The summed E-state index contributed by atoms with van der Waals surface area (Å²) in [6.45, 7) is 3.08. The van der Waals surface area contributed by atoms with Crippen molar-refractivity contribution in [2.24, 2.45) is 5.92 Å². The molecule has 0 spiro atoms. The van der Waals surface area contributed by atoms with E-state index in [9.17, 15) is 8.42 Å². The van der Waals surface area contributed by atoms with Crippen LogP contribution in [0.3, 0.4) is 0 Å². The largest absolute Gasteiger partial charge is 0.255 e. The fourth-order valence-corrected chi connectivity index (χ4v) is 7.70. The SMILES string of the molecule is O=S1(=O)c2cc(C3CNN4CCC3CC4)ccc2-c2cccc(I)c21. The third-order valence-electron chi connectivity index (χ3n) is 5.89. The molecule has 130 valence electrons. The molecule has 2 bridgehead atoms. The van der Waals surface area contributed by atoms with Crippen LogP contribution < -0.4 is 5.43 Å². The van der Waals surface area contributed by atoms with E-state index >= 15 is 0 Å². The molecule has 1 unspecified atom stereocenters. The lowest BCUT2D eigenvalue weighted by molar-refractivity contribution is 0.165. The van der Waals surface area contributed by atoms with Crippen molar-refractivity contribution >= 4 is 32.4 Å². The Morgan fingerprint density at radius 3 is 2.68 bits per heavy atom. The molecule has 2 aromatic rings. The number of fused-ring (bicyclic) bond motifs is 7. The highest BCUT2D eigenvalue weighted by Gasteiger charge is 2.37. The van der Waals surface area contributed by atoms with Crippen LogP contribution in [0.4, 0.5) is 0 Å². The first-order valence-electron chi connectivity index (χ1n) is 8.72. The maximum absolute atomic E-state index is 13.1. The molecule has 3 saturated heterocycles. The highest BCUT2D eigenvalue weighted by molar-refractivity contribution is 14.1. The highest BCUT2D eigenvalue weighted by Crippen LogP contribution is 2.46. The van der Waals surface area contributed by atoms with Crippen molar-refractivity contribution in [1.29, 1.82) is 0 Å². The Morgan fingerprint density at radius 2 is 1.88 bits per heavy atom. The van der Waals surface area contributed by atoms with E-state index in [1.165, 1.54) is 12.8 Å². The Kier molecular flexibility index (Phi) is 3.75. The molecule has 6 heteroatoms. The van der Waals surface area contributed by atoms with Gasteiger partial charge in [0, 0.05) is 40.2 Å². The molecule has 1 N–H and O–H groups in total. The molecule has 4 aliphatic rings. The molecule has 0 saturated carbocycles. The number of nitrogens with zero attached hydrogens (tertiary/aromatic N) is 1. The second-order valence-corrected chi connectivity index (χ2v) is 10.2. The Hall–Kier alpha value is -0.960. The predicted octanol–water partition coefficient (Wildman–Crippen LogP) is 3.42. The van der Waals surface area contributed by atoms with Gasteiger partial charge in [-0.25, -0.2) is 13.4 Å². The maximum atomic E-state index is 13.1. The highest BCUT2D eigenvalue weighted by atomic mass is 127. The molecule has 1 atom stereocenters. The Balaban J connectivity index is 1.63. The molecule has 2 aromatic carbocycles. The number of piperidine rings is 1. The summed E-state index contributed by atoms with van der Waals surface area (Å²) < 4.78 is 27.1. The smallest absolute Gasteiger partial charge is 0.208 e. The minimum atomic E-state index is -3.42. The van der Waals surface area contributed by atoms with E-state index in [-0.39, 0.29) is 0 Å². The minimum absolute atomic E-state index is 0.385. The third kappa shape index (κ3) is 2.41. The summed E-state index contributed by atoms with van der Waals surface area (Å²) >= 11 is 2.13. The monoisotopic (exact) mass is 466 g/mol. The van der Waals surface area contributed by atoms with Crippen LogP contribution in [0.2, 0.25) is 0 Å². The molecule has 25 heavy (non-hydrogen) atoms. The van der Waals surface area contributed by atoms with Gasteiger partial charge in [-0.05, 0) is 59.0 Å². The topological polar surface area (TPSA) is 49.4 Å². The molecule has 0 radical (unpaired) electrons. The number of rotatable bonds is 1. The molecule has 6 rings (SSSR count). The number of nitrogens with one attached hydrogen (secondary N) is 1. The lowest BCUT2D eigenvalue weighted by Gasteiger charge is -2.28. The maximum Gasteiger partial charge on any atom is 0.208 e. The molecular weight excluding hydrogens is 447 g/mol. The summed E-state index contributed by atoms with van der Waals surface area (Å²) in [7, 11) is -3.42. The fraction of sp³-hybridized carbons (Fsp3) is 0.368. The second kappa shape index (κ2) is 5.77. The van der Waals surface area contributed by atoms with Gasteiger partial charge in [-0.1, -0.05) is 24.3 Å². The van der Waals surface area contributed by atoms with E-state index in [2.05, 4.69) is 39.1 Å². The summed E-state index contributed by atoms with van der Waals surface area (Å²) in [4.78, 5) is 0.969. The van der Waals surface area contributed by atoms with Crippen LogP contribution >= 0.6 is 22.6 Å². The van der Waals surface area contributed by atoms with Crippen molar-refractivity contribution in [2.45, 2.75) is 28.6 Å². The van der Waals surface area contributed by atoms with E-state index < -0.39 is 9.84 Å². The first-order valence-corrected chi connectivity index (χ1v) is 11.3. The van der Waals surface area contributed by atoms with E-state index in [0.29, 0.717) is 21.6 Å². The molecule has 4 nitrogen and oxygen atoms in total. The summed E-state index contributed by atoms with van der Waals surface area (Å²) in [6.07, 6.45) is 2.36. The van der Waals surface area contributed by atoms with Gasteiger partial charge in [0.25, 0.3) is 0 Å². The summed E-state index contributed by atoms with van der Waals surface area (Å²) in [5.74, 6) is 1.02. The van der Waals surface area contributed by atoms with Crippen LogP contribution in [-0.2, 0) is 9.84 Å². The summed E-state index contributed by atoms with van der Waals surface area (Å²) in [6, 6.07) is 11.8. The van der Waals surface area contributed by atoms with Gasteiger partial charge >= 0.3 is 0 Å². The summed E-state index contributed by atoms with van der Waals surface area (Å²) in [5, 5.41) is 2.30. The van der Waals surface area contributed by atoms with Crippen LogP contribution in [0, 0.1) is 9.49 Å². The van der Waals surface area contributed by atoms with Crippen LogP contribution in [0.5, 0.6) is 0 Å². The Bertz CT molecular complexity index is 965. The zero-order valence-electron chi connectivity index (χ0n) is 13.7. The quantitative estimate of drug-likeness (QED) is 0.559. The molecular formula is C19H19IN2O2S. The van der Waals surface area contributed by atoms with Crippen LogP contribution in [0.25, 0.3) is 11.1 Å². The number of benzene rings is 2. The zero-order chi connectivity index (χ0) is 17.2. The van der Waals surface area contributed by atoms with E-state index in [1.54, 1.807) is 0 Å². The number of hydrogen-bond donors (Lipinski definition) is 1. The van der Waals surface area contributed by atoms with E-state index in [1.807, 2.05) is 30.3 Å². The number of halogens is 1. The van der Waals surface area contributed by atoms with Gasteiger partial charge in [-0.3, -0.25) is 5.43 Å². The van der Waals surface area contributed by atoms with Crippen molar-refractivity contribution in [3.8, 4) is 11.1 Å². The zero-order valence-corrected chi connectivity index (χ0v) is 16.7. The van der Waals surface area contributed by atoms with Crippen LogP contribution in [0.15, 0.2) is 46.2 Å². The van der Waals surface area contributed by atoms with Crippen molar-refractivity contribution in [1.82, 2.24) is 10.4 Å². The van der Waals surface area contributed by atoms with Gasteiger partial charge in [0.05, 0.1) is 9.79 Å². The van der Waals surface area contributed by atoms with Crippen molar-refractivity contribution in [3.05, 3.63) is 45.5 Å².